The van der Waals surface area contributed by atoms with E-state index < -0.39 is 10.0 Å². The van der Waals surface area contributed by atoms with Gasteiger partial charge in [-0.05, 0) is 43.4 Å². The van der Waals surface area contributed by atoms with Gasteiger partial charge >= 0.3 is 0 Å². The summed E-state index contributed by atoms with van der Waals surface area (Å²) >= 11 is 0. The van der Waals surface area contributed by atoms with Crippen molar-refractivity contribution in [2.75, 3.05) is 18.1 Å². The molecule has 1 aromatic carbocycles. The minimum Gasteiger partial charge on any atom is -0.325 e. The molecule has 1 amide bonds. The summed E-state index contributed by atoms with van der Waals surface area (Å²) in [4.78, 5) is 12.4. The van der Waals surface area contributed by atoms with Gasteiger partial charge in [0, 0.05) is 11.7 Å². The Morgan fingerprint density at radius 2 is 1.85 bits per heavy atom. The number of sulfonamides is 1. The third kappa shape index (κ3) is 4.25. The number of nitriles is 1. The molecule has 0 radical (unpaired) electrons. The van der Waals surface area contributed by atoms with Gasteiger partial charge in [-0.1, -0.05) is 31.4 Å². The second-order valence-electron chi connectivity index (χ2n) is 7.42. The van der Waals surface area contributed by atoms with Crippen LogP contribution in [0.4, 0.5) is 5.69 Å². The van der Waals surface area contributed by atoms with E-state index in [0.29, 0.717) is 5.69 Å². The number of amides is 1. The molecule has 0 aromatic heterocycles. The first-order valence-electron chi connectivity index (χ1n) is 9.12. The number of hydrogen-bond acceptors (Lipinski definition) is 4. The van der Waals surface area contributed by atoms with Gasteiger partial charge in [-0.25, -0.2) is 8.42 Å². The van der Waals surface area contributed by atoms with Gasteiger partial charge < -0.3 is 5.32 Å². The molecular weight excluding hydrogens is 350 g/mol. The second-order valence-corrected chi connectivity index (χ2v) is 9.35. The van der Waals surface area contributed by atoms with Crippen LogP contribution in [0.15, 0.2) is 24.3 Å². The lowest BCUT2D eigenvalue weighted by Gasteiger charge is -2.31. The molecule has 0 spiro atoms. The fourth-order valence-electron chi connectivity index (χ4n) is 3.69. The topological polar surface area (TPSA) is 90.3 Å². The van der Waals surface area contributed by atoms with Crippen LogP contribution >= 0.6 is 0 Å². The fraction of sp³-hybridized carbons (Fsp3) is 0.579. The molecule has 3 rings (SSSR count). The molecule has 7 heteroatoms. The molecule has 140 valence electrons. The zero-order valence-electron chi connectivity index (χ0n) is 15.1. The van der Waals surface area contributed by atoms with E-state index >= 15 is 0 Å². The smallest absolute Gasteiger partial charge is 0.239 e. The van der Waals surface area contributed by atoms with Crippen molar-refractivity contribution in [3.63, 3.8) is 0 Å². The van der Waals surface area contributed by atoms with Gasteiger partial charge in [0.1, 0.15) is 0 Å². The summed E-state index contributed by atoms with van der Waals surface area (Å²) in [6.45, 7) is -0.159. The third-order valence-electron chi connectivity index (χ3n) is 5.39. The van der Waals surface area contributed by atoms with Crippen molar-refractivity contribution in [3.8, 4) is 6.07 Å². The molecule has 2 fully saturated rings. The predicted octanol–water partition coefficient (Wildman–Crippen LogP) is 2.77. The van der Waals surface area contributed by atoms with Gasteiger partial charge in [0.25, 0.3) is 0 Å². The van der Waals surface area contributed by atoms with Gasteiger partial charge in [-0.3, -0.25) is 4.79 Å². The highest BCUT2D eigenvalue weighted by Gasteiger charge is 2.44. The van der Waals surface area contributed by atoms with Crippen LogP contribution in [-0.2, 0) is 20.2 Å². The maximum Gasteiger partial charge on any atom is 0.239 e. The second kappa shape index (κ2) is 7.37. The number of carbonyl (C=O) groups is 1. The monoisotopic (exact) mass is 375 g/mol. The lowest BCUT2D eigenvalue weighted by atomic mass is 9.95. The van der Waals surface area contributed by atoms with E-state index in [-0.39, 0.29) is 23.9 Å². The van der Waals surface area contributed by atoms with Crippen LogP contribution in [0.1, 0.15) is 50.5 Å². The highest BCUT2D eigenvalue weighted by Crippen LogP contribution is 2.47. The minimum absolute atomic E-state index is 0.0859. The highest BCUT2D eigenvalue weighted by molar-refractivity contribution is 7.88. The molecule has 0 aliphatic heterocycles. The zero-order chi connectivity index (χ0) is 18.8. The van der Waals surface area contributed by atoms with Crippen LogP contribution in [0.5, 0.6) is 0 Å². The standard InChI is InChI=1S/C19H25N3O3S/c1-26(24,25)22(17-5-3-2-4-6-17)13-18(23)21-16-9-7-15(8-10-16)19(14-20)11-12-19/h7-10,17H,2-6,11-13H2,1H3,(H,21,23). The summed E-state index contributed by atoms with van der Waals surface area (Å²) in [5.41, 5.74) is 1.24. The van der Waals surface area contributed by atoms with Crippen molar-refractivity contribution >= 4 is 21.6 Å². The maximum absolute atomic E-state index is 12.4. The molecule has 1 aromatic rings. The van der Waals surface area contributed by atoms with E-state index in [1.165, 1.54) is 10.6 Å². The molecule has 6 nitrogen and oxygen atoms in total. The van der Waals surface area contributed by atoms with Crippen molar-refractivity contribution in [2.45, 2.75) is 56.4 Å². The first-order valence-corrected chi connectivity index (χ1v) is 11.0. The average Bonchev–Trinajstić information content (AvgIpc) is 3.41. The Balaban J connectivity index is 1.64. The molecule has 0 bridgehead atoms. The Labute approximate surface area is 155 Å². The molecule has 0 atom stereocenters. The zero-order valence-corrected chi connectivity index (χ0v) is 15.9. The van der Waals surface area contributed by atoms with E-state index in [0.717, 1.165) is 50.5 Å². The van der Waals surface area contributed by atoms with Crippen molar-refractivity contribution in [3.05, 3.63) is 29.8 Å². The van der Waals surface area contributed by atoms with Crippen molar-refractivity contribution in [1.29, 1.82) is 5.26 Å². The van der Waals surface area contributed by atoms with Crippen LogP contribution < -0.4 is 5.32 Å². The quantitative estimate of drug-likeness (QED) is 0.828. The number of nitrogens with zero attached hydrogens (tertiary/aromatic N) is 2. The third-order valence-corrected chi connectivity index (χ3v) is 6.67. The fourth-order valence-corrected chi connectivity index (χ4v) is 4.79. The van der Waals surface area contributed by atoms with Gasteiger partial charge in [-0.2, -0.15) is 9.57 Å². The Bertz CT molecular complexity index is 801. The minimum atomic E-state index is -3.44. The first kappa shape index (κ1) is 18.9. The Morgan fingerprint density at radius 1 is 1.23 bits per heavy atom. The number of nitrogens with one attached hydrogen (secondary N) is 1. The molecule has 2 saturated carbocycles. The number of hydrogen-bond donors (Lipinski definition) is 1. The Hall–Kier alpha value is -1.91. The van der Waals surface area contributed by atoms with Crippen molar-refractivity contribution < 1.29 is 13.2 Å². The van der Waals surface area contributed by atoms with Crippen LogP contribution in [-0.4, -0.2) is 37.5 Å². The van der Waals surface area contributed by atoms with E-state index in [9.17, 15) is 18.5 Å². The van der Waals surface area contributed by atoms with Gasteiger partial charge in [0.15, 0.2) is 0 Å². The normalized spacial score (nSPS) is 19.7. The Kier molecular flexibility index (Phi) is 5.35. The predicted molar refractivity (Wildman–Crippen MR) is 100 cm³/mol. The summed E-state index contributed by atoms with van der Waals surface area (Å²) in [5, 5.41) is 12.0. The summed E-state index contributed by atoms with van der Waals surface area (Å²) in [5.74, 6) is -0.338. The van der Waals surface area contributed by atoms with Crippen LogP contribution in [0.25, 0.3) is 0 Å². The van der Waals surface area contributed by atoms with E-state index in [4.69, 9.17) is 0 Å². The summed E-state index contributed by atoms with van der Waals surface area (Å²) in [6, 6.07) is 9.53. The number of rotatable bonds is 6. The lowest BCUT2D eigenvalue weighted by molar-refractivity contribution is -0.116. The maximum atomic E-state index is 12.4. The molecular formula is C19H25N3O3S. The summed E-state index contributed by atoms with van der Waals surface area (Å²) in [7, 11) is -3.44. The van der Waals surface area contributed by atoms with Crippen molar-refractivity contribution in [2.24, 2.45) is 0 Å². The highest BCUT2D eigenvalue weighted by atomic mass is 32.2. The van der Waals surface area contributed by atoms with Gasteiger partial charge in [0.05, 0.1) is 24.3 Å². The first-order chi connectivity index (χ1) is 12.3. The molecule has 26 heavy (non-hydrogen) atoms. The van der Waals surface area contributed by atoms with Gasteiger partial charge in [-0.15, -0.1) is 0 Å². The molecule has 2 aliphatic carbocycles. The Morgan fingerprint density at radius 3 is 2.35 bits per heavy atom. The molecule has 0 unspecified atom stereocenters. The van der Waals surface area contributed by atoms with E-state index in [1.807, 2.05) is 12.1 Å². The summed E-state index contributed by atoms with van der Waals surface area (Å²) < 4.78 is 25.6. The molecule has 0 heterocycles. The number of benzene rings is 1. The number of anilines is 1. The molecule has 1 N–H and O–H groups in total. The van der Waals surface area contributed by atoms with E-state index in [2.05, 4.69) is 11.4 Å². The van der Waals surface area contributed by atoms with Gasteiger partial charge in [0.2, 0.25) is 15.9 Å². The lowest BCUT2D eigenvalue weighted by Crippen LogP contribution is -2.45. The number of carbonyl (C=O) groups excluding carboxylic acids is 1. The summed E-state index contributed by atoms with van der Waals surface area (Å²) in [6.07, 6.45) is 7.66. The van der Waals surface area contributed by atoms with E-state index in [1.54, 1.807) is 12.1 Å². The van der Waals surface area contributed by atoms with Crippen molar-refractivity contribution in [1.82, 2.24) is 4.31 Å². The van der Waals surface area contributed by atoms with Crippen LogP contribution in [0, 0.1) is 11.3 Å². The van der Waals surface area contributed by atoms with Crippen LogP contribution in [0.2, 0.25) is 0 Å². The van der Waals surface area contributed by atoms with Crippen LogP contribution in [0.3, 0.4) is 0 Å². The largest absolute Gasteiger partial charge is 0.325 e. The average molecular weight is 375 g/mol. The molecule has 0 saturated heterocycles. The molecule has 2 aliphatic rings. The SMILES string of the molecule is CS(=O)(=O)N(CC(=O)Nc1ccc(C2(C#N)CC2)cc1)C1CCCCC1.